The predicted molar refractivity (Wildman–Crippen MR) is 277 cm³/mol. The van der Waals surface area contributed by atoms with Crippen LogP contribution in [0.1, 0.15) is 107 Å². The minimum atomic E-state index is -0.181. The molecule has 1 aromatic heterocycles. The molecule has 0 aliphatic rings. The first kappa shape index (κ1) is 57.3. The number of halogens is 1. The van der Waals surface area contributed by atoms with Gasteiger partial charge in [0.1, 0.15) is 29.4 Å². The molecule has 0 unspecified atom stereocenters. The van der Waals surface area contributed by atoms with Crippen molar-refractivity contribution in [2.24, 2.45) is 10.7 Å². The SMILES string of the molecule is COc1cc(-c2ccccc2)cc(-c2nccn2-c2c(C(C)C)cccc2C(C)C)c1.COc1cc(C(N)=Nc2c(C(C)C)cccc2C(C)C)cc(-c2ccccc2)c1.O=CCCl.O=CO[O-].[Na+]. The van der Waals surface area contributed by atoms with Crippen molar-refractivity contribution >= 4 is 35.9 Å². The average molecular weight is 960 g/mol. The second-order valence-electron chi connectivity index (χ2n) is 17.0. The minimum absolute atomic E-state index is 0. The third-order valence-electron chi connectivity index (χ3n) is 11.0. The van der Waals surface area contributed by atoms with Gasteiger partial charge in [-0.15, -0.1) is 11.6 Å². The molecule has 0 aliphatic heterocycles. The van der Waals surface area contributed by atoms with E-state index in [0.29, 0.717) is 35.8 Å². The van der Waals surface area contributed by atoms with Crippen LogP contribution in [0.25, 0.3) is 39.3 Å². The number of carbonyl (C=O) groups is 2. The van der Waals surface area contributed by atoms with Gasteiger partial charge in [-0.25, -0.2) is 9.98 Å². The first-order valence-electron chi connectivity index (χ1n) is 22.6. The smallest absolute Gasteiger partial charge is 0.662 e. The van der Waals surface area contributed by atoms with Gasteiger partial charge in [0.2, 0.25) is 0 Å². The Hall–Kier alpha value is -6.01. The summed E-state index contributed by atoms with van der Waals surface area (Å²) in [5.41, 5.74) is 20.2. The molecule has 12 heteroatoms. The molecular formula is C57H64ClN4NaO6. The summed E-state index contributed by atoms with van der Waals surface area (Å²) in [7, 11) is 3.39. The summed E-state index contributed by atoms with van der Waals surface area (Å²) in [5.74, 6) is 4.68. The molecule has 0 radical (unpaired) electrons. The first-order valence-corrected chi connectivity index (χ1v) is 23.1. The van der Waals surface area contributed by atoms with Crippen molar-refractivity contribution in [2.45, 2.75) is 79.1 Å². The van der Waals surface area contributed by atoms with E-state index < -0.39 is 0 Å². The van der Waals surface area contributed by atoms with E-state index in [2.05, 4.69) is 168 Å². The van der Waals surface area contributed by atoms with E-state index in [9.17, 15) is 0 Å². The molecule has 7 aromatic rings. The Labute approximate surface area is 435 Å². The van der Waals surface area contributed by atoms with Crippen LogP contribution in [0, 0.1) is 0 Å². The summed E-state index contributed by atoms with van der Waals surface area (Å²) in [6, 6.07) is 46.0. The number of amidine groups is 1. The van der Waals surface area contributed by atoms with Gasteiger partial charge >= 0.3 is 29.6 Å². The van der Waals surface area contributed by atoms with Crippen molar-refractivity contribution in [3.63, 3.8) is 0 Å². The largest absolute Gasteiger partial charge is 1.00 e. The number of methoxy groups -OCH3 is 2. The number of benzene rings is 6. The number of hydrogen-bond acceptors (Lipinski definition) is 8. The normalized spacial score (nSPS) is 10.8. The molecule has 7 rings (SSSR count). The molecule has 0 saturated carbocycles. The fourth-order valence-corrected chi connectivity index (χ4v) is 7.62. The molecule has 0 aliphatic carbocycles. The van der Waals surface area contributed by atoms with Crippen LogP contribution in [0.5, 0.6) is 11.5 Å². The van der Waals surface area contributed by atoms with Crippen LogP contribution in [-0.2, 0) is 14.5 Å². The van der Waals surface area contributed by atoms with Crippen molar-refractivity contribution in [1.82, 2.24) is 9.55 Å². The average Bonchev–Trinajstić information content (AvgIpc) is 3.86. The maximum Gasteiger partial charge on any atom is 1.00 e. The topological polar surface area (TPSA) is 141 Å². The fourth-order valence-electron chi connectivity index (χ4n) is 7.62. The van der Waals surface area contributed by atoms with E-state index >= 15 is 0 Å². The molecule has 2 N–H and O–H groups in total. The zero-order valence-electron chi connectivity index (χ0n) is 41.8. The van der Waals surface area contributed by atoms with Gasteiger partial charge in [-0.1, -0.05) is 152 Å². The Kier molecular flexibility index (Phi) is 24.2. The molecule has 1 heterocycles. The maximum absolute atomic E-state index is 9.04. The van der Waals surface area contributed by atoms with Gasteiger partial charge in [-0.05, 0) is 105 Å². The van der Waals surface area contributed by atoms with Gasteiger partial charge in [-0.3, -0.25) is 9.36 Å². The van der Waals surface area contributed by atoms with Crippen LogP contribution in [0.4, 0.5) is 5.69 Å². The van der Waals surface area contributed by atoms with Gasteiger partial charge in [0.25, 0.3) is 6.47 Å². The summed E-state index contributed by atoms with van der Waals surface area (Å²) in [6.07, 6.45) is 4.60. The number of aromatic nitrogens is 2. The zero-order chi connectivity index (χ0) is 49.8. The van der Waals surface area contributed by atoms with Gasteiger partial charge in [-0.2, -0.15) is 0 Å². The third kappa shape index (κ3) is 16.0. The molecule has 0 saturated heterocycles. The van der Waals surface area contributed by atoms with Gasteiger partial charge in [0.05, 0.1) is 31.5 Å². The van der Waals surface area contributed by atoms with E-state index in [4.69, 9.17) is 51.6 Å². The van der Waals surface area contributed by atoms with Crippen molar-refractivity contribution < 1.29 is 58.8 Å². The van der Waals surface area contributed by atoms with E-state index in [1.165, 1.54) is 27.9 Å². The van der Waals surface area contributed by atoms with E-state index in [0.717, 1.165) is 56.4 Å². The number of aliphatic imine (C=N–C) groups is 1. The van der Waals surface area contributed by atoms with Crippen LogP contribution >= 0.6 is 11.6 Å². The maximum atomic E-state index is 9.04. The molecule has 0 amide bonds. The fraction of sp³-hybridized carbons (Fsp3) is 0.263. The first-order chi connectivity index (χ1) is 32.7. The monoisotopic (exact) mass is 958 g/mol. The Bertz CT molecular complexity index is 2640. The number of hydrogen-bond donors (Lipinski definition) is 1. The molecule has 0 atom stereocenters. The van der Waals surface area contributed by atoms with Crippen LogP contribution in [0.15, 0.2) is 151 Å². The van der Waals surface area contributed by atoms with Gasteiger partial charge in [0, 0.05) is 23.5 Å². The Morgan fingerprint density at radius 2 is 1.06 bits per heavy atom. The number of ether oxygens (including phenoxy) is 2. The number of carbonyl (C=O) groups excluding carboxylic acids is 2. The van der Waals surface area contributed by atoms with Crippen LogP contribution in [-0.4, -0.2) is 48.2 Å². The van der Waals surface area contributed by atoms with Crippen LogP contribution < -0.4 is 50.0 Å². The van der Waals surface area contributed by atoms with E-state index in [1.54, 1.807) is 14.2 Å². The van der Waals surface area contributed by atoms with Crippen molar-refractivity contribution in [1.29, 1.82) is 0 Å². The molecule has 0 bridgehead atoms. The Balaban J connectivity index is 0.000000313. The number of rotatable bonds is 14. The standard InChI is InChI=1S/C28H30N2O.C26H30N2O.C2H3ClO.CH2O3.Na/c1-19(2)25-12-9-13-26(20(3)4)27(25)30-15-14-29-28(30)23-16-22(17-24(18-23)31-5)21-10-7-6-8-11-21;1-17(2)23-12-9-13-24(18(3)4)25(23)28-26(27)21-14-20(15-22(16-21)29-5)19-10-7-6-8-11-19;3-1-2-4;2-1-4-3;/h6-20H,1-5H3;6-18H,1-5H3,(H2,27,28);2H,1H2;1,3H;/q;;;;+1/p-1. The number of aldehydes is 1. The van der Waals surface area contributed by atoms with Crippen molar-refractivity contribution in [2.75, 3.05) is 20.1 Å². The van der Waals surface area contributed by atoms with Crippen LogP contribution in [0.2, 0.25) is 0 Å². The van der Waals surface area contributed by atoms with Crippen molar-refractivity contribution in [3.8, 4) is 50.8 Å². The third-order valence-corrected chi connectivity index (χ3v) is 11.1. The molecule has 0 fully saturated rings. The number of nitrogens with two attached hydrogens (primary N) is 1. The molecule has 10 nitrogen and oxygen atoms in total. The molecule has 356 valence electrons. The van der Waals surface area contributed by atoms with Gasteiger partial charge < -0.3 is 30.1 Å². The number of nitrogens with zero attached hydrogens (tertiary/aromatic N) is 3. The summed E-state index contributed by atoms with van der Waals surface area (Å²) < 4.78 is 13.4. The van der Waals surface area contributed by atoms with E-state index in [1.807, 2.05) is 42.6 Å². The summed E-state index contributed by atoms with van der Waals surface area (Å²) >= 11 is 4.82. The van der Waals surface area contributed by atoms with Crippen molar-refractivity contribution in [3.05, 3.63) is 174 Å². The molecule has 6 aromatic carbocycles. The summed E-state index contributed by atoms with van der Waals surface area (Å²) in [5, 5.41) is 8.43. The summed E-state index contributed by atoms with van der Waals surface area (Å²) in [4.78, 5) is 30.0. The Morgan fingerprint density at radius 3 is 1.48 bits per heavy atom. The minimum Gasteiger partial charge on any atom is -0.662 e. The molecule has 69 heavy (non-hydrogen) atoms. The quantitative estimate of drug-likeness (QED) is 0.0216. The second kappa shape index (κ2) is 29.1. The molecule has 0 spiro atoms. The van der Waals surface area contributed by atoms with E-state index in [-0.39, 0.29) is 41.9 Å². The summed E-state index contributed by atoms with van der Waals surface area (Å²) in [6.45, 7) is 17.6. The van der Waals surface area contributed by atoms with Gasteiger partial charge in [0.15, 0.2) is 0 Å². The molecular weight excluding hydrogens is 895 g/mol. The second-order valence-corrected chi connectivity index (χ2v) is 17.3. The number of imidazole rings is 1. The van der Waals surface area contributed by atoms with Crippen LogP contribution in [0.3, 0.4) is 0 Å². The number of para-hydroxylation sites is 2. The Morgan fingerprint density at radius 1 is 0.638 bits per heavy atom. The predicted octanol–water partition coefficient (Wildman–Crippen LogP) is 9.97. The number of alkyl halides is 1. The zero-order valence-corrected chi connectivity index (χ0v) is 44.5.